The molecule has 0 radical (unpaired) electrons. The molecule has 0 atom stereocenters. The molecule has 0 aliphatic carbocycles. The van der Waals surface area contributed by atoms with Crippen LogP contribution in [0.5, 0.6) is 0 Å². The number of rotatable bonds is 12. The molecule has 1 aliphatic rings. The van der Waals surface area contributed by atoms with Gasteiger partial charge in [-0.05, 0) is 68.3 Å². The van der Waals surface area contributed by atoms with Crippen LogP contribution in [0.4, 0.5) is 30.2 Å². The van der Waals surface area contributed by atoms with Crippen molar-refractivity contribution >= 4 is 52.5 Å². The fourth-order valence-corrected chi connectivity index (χ4v) is 5.42. The number of carboxylic acid groups (broad SMARTS) is 1. The second-order valence-corrected chi connectivity index (χ2v) is 11.7. The highest BCUT2D eigenvalue weighted by atomic mass is 35.5. The number of aliphatic carboxylic acids is 1. The van der Waals surface area contributed by atoms with Crippen molar-refractivity contribution in [1.29, 1.82) is 0 Å². The van der Waals surface area contributed by atoms with Crippen LogP contribution in [0.2, 0.25) is 5.02 Å². The Balaban J connectivity index is 1.62. The lowest BCUT2D eigenvalue weighted by atomic mass is 10.00. The molecule has 1 aliphatic heterocycles. The van der Waals surface area contributed by atoms with Gasteiger partial charge < -0.3 is 26.0 Å². The molecular weight excluding hydrogens is 635 g/mol. The average molecular weight is 671 g/mol. The Labute approximate surface area is 275 Å². The molecular formula is C34H36ClF3N5O4+. The van der Waals surface area contributed by atoms with Crippen LogP contribution < -0.4 is 20.9 Å². The van der Waals surface area contributed by atoms with Gasteiger partial charge >= 0.3 is 12.1 Å². The Kier molecular flexibility index (Phi) is 11.8. The lowest BCUT2D eigenvalue weighted by Crippen LogP contribution is -2.62. The zero-order chi connectivity index (χ0) is 34.1. The summed E-state index contributed by atoms with van der Waals surface area (Å²) in [5, 5.41) is 11.3. The van der Waals surface area contributed by atoms with Crippen molar-refractivity contribution in [3.05, 3.63) is 99.7 Å². The number of benzene rings is 3. The fraction of sp³-hybridized carbons (Fsp3) is 0.294. The minimum Gasteiger partial charge on any atom is -0.481 e. The second-order valence-electron chi connectivity index (χ2n) is 11.2. The van der Waals surface area contributed by atoms with E-state index >= 15 is 0 Å². The number of amides is 1. The van der Waals surface area contributed by atoms with Crippen LogP contribution in [-0.4, -0.2) is 60.6 Å². The molecule has 0 unspecified atom stereocenters. The molecule has 1 saturated heterocycles. The molecule has 0 bridgehead atoms. The van der Waals surface area contributed by atoms with Gasteiger partial charge in [0.25, 0.3) is 5.91 Å². The largest absolute Gasteiger partial charge is 0.481 e. The first-order valence-electron chi connectivity index (χ1n) is 15.0. The van der Waals surface area contributed by atoms with Crippen molar-refractivity contribution < 1.29 is 37.7 Å². The molecule has 1 heterocycles. The maximum atomic E-state index is 13.9. The Bertz CT molecular complexity index is 1690. The molecule has 5 N–H and O–H groups in total. The van der Waals surface area contributed by atoms with Gasteiger partial charge in [-0.1, -0.05) is 23.7 Å². The van der Waals surface area contributed by atoms with E-state index in [1.54, 1.807) is 37.4 Å². The minimum atomic E-state index is -4.67. The van der Waals surface area contributed by atoms with Crippen molar-refractivity contribution in [2.45, 2.75) is 38.4 Å². The summed E-state index contributed by atoms with van der Waals surface area (Å²) in [5.41, 5.74) is 7.07. The maximum absolute atomic E-state index is 13.9. The zero-order valence-electron chi connectivity index (χ0n) is 25.7. The summed E-state index contributed by atoms with van der Waals surface area (Å²) in [5.74, 6) is -1.93. The lowest BCUT2D eigenvalue weighted by molar-refractivity contribution is -0.347. The first-order valence-corrected chi connectivity index (χ1v) is 15.4. The summed E-state index contributed by atoms with van der Waals surface area (Å²) in [6.45, 7) is 2.37. The molecule has 13 heteroatoms. The molecule has 1 amide bonds. The highest BCUT2D eigenvalue weighted by Gasteiger charge is 2.34. The number of anilines is 2. The Morgan fingerprint density at radius 3 is 2.49 bits per heavy atom. The van der Waals surface area contributed by atoms with E-state index in [0.717, 1.165) is 61.9 Å². The fourth-order valence-electron chi connectivity index (χ4n) is 5.20. The van der Waals surface area contributed by atoms with Gasteiger partial charge in [0.1, 0.15) is 5.57 Å². The first-order chi connectivity index (χ1) is 22.3. The number of ketones is 1. The van der Waals surface area contributed by atoms with E-state index in [2.05, 4.69) is 15.2 Å². The van der Waals surface area contributed by atoms with Gasteiger partial charge in [0.2, 0.25) is 11.5 Å². The van der Waals surface area contributed by atoms with Crippen LogP contribution in [-0.2, 0) is 17.5 Å². The van der Waals surface area contributed by atoms with E-state index in [-0.39, 0.29) is 28.9 Å². The van der Waals surface area contributed by atoms with Gasteiger partial charge in [-0.25, -0.2) is 4.99 Å². The number of carbonyl (C=O) groups excluding carboxylic acids is 2. The van der Waals surface area contributed by atoms with Crippen molar-refractivity contribution in [3.63, 3.8) is 0 Å². The van der Waals surface area contributed by atoms with E-state index in [9.17, 15) is 27.6 Å². The third-order valence-electron chi connectivity index (χ3n) is 7.67. The van der Waals surface area contributed by atoms with Crippen LogP contribution in [0, 0.1) is 0 Å². The number of alkyl halides is 3. The third kappa shape index (κ3) is 9.66. The monoisotopic (exact) mass is 670 g/mol. The number of halogens is 4. The van der Waals surface area contributed by atoms with Crippen molar-refractivity contribution in [2.24, 2.45) is 5.73 Å². The number of allylic oxidation sites excluding steroid dienone is 1. The van der Waals surface area contributed by atoms with Gasteiger partial charge in [-0.2, -0.15) is 13.2 Å². The van der Waals surface area contributed by atoms with Gasteiger partial charge in [0.05, 0.1) is 22.7 Å². The summed E-state index contributed by atoms with van der Waals surface area (Å²) in [6.07, 6.45) is 0.656. The first kappa shape index (κ1) is 35.2. The predicted octanol–water partition coefficient (Wildman–Crippen LogP) is 5.02. The number of hydrogen-bond donors (Lipinski definition) is 4. The number of hydrogen-bond acceptors (Lipinski definition) is 6. The maximum Gasteiger partial charge on any atom is 0.418 e. The number of nitrogens with one attached hydrogen (secondary N) is 2. The quantitative estimate of drug-likeness (QED) is 0.121. The average Bonchev–Trinajstić information content (AvgIpc) is 3.04. The summed E-state index contributed by atoms with van der Waals surface area (Å²) in [6, 6.07) is 15.3. The predicted molar refractivity (Wildman–Crippen MR) is 175 cm³/mol. The normalized spacial score (nSPS) is 14.1. The van der Waals surface area contributed by atoms with Gasteiger partial charge in [0, 0.05) is 61.3 Å². The van der Waals surface area contributed by atoms with Gasteiger partial charge in [-0.3, -0.25) is 14.4 Å². The molecule has 248 valence electrons. The van der Waals surface area contributed by atoms with E-state index in [0.29, 0.717) is 18.7 Å². The smallest absolute Gasteiger partial charge is 0.418 e. The highest BCUT2D eigenvalue weighted by Crippen LogP contribution is 2.35. The standard InChI is InChI=1S/C34H35ClF3N5O4/c1-42(15-12-31(44)45)21-22-6-5-7-23(16-22)33(47)41-30-11-9-26(43-13-3-2-4-14-43)18-27(30)32(46)24(19-39)20-40-25-8-10-29(35)28(17-25)34(36,37)38/h5-11,16-20H,2-4,12-15,21,39H2,1H3,(H,41,47)(H,44,45)/p+1/b24-19+,40-20?. The molecule has 0 spiro atoms. The van der Waals surface area contributed by atoms with Crippen LogP contribution in [0.15, 0.2) is 72.4 Å². The van der Waals surface area contributed by atoms with E-state index < -0.39 is 34.4 Å². The van der Waals surface area contributed by atoms with Crippen molar-refractivity contribution in [3.8, 4) is 0 Å². The van der Waals surface area contributed by atoms with Crippen LogP contribution in [0.25, 0.3) is 0 Å². The molecule has 4 rings (SSSR count). The summed E-state index contributed by atoms with van der Waals surface area (Å²) < 4.78 is 40.1. The Hall–Kier alpha value is -4.68. The minimum absolute atomic E-state index is 0.0125. The van der Waals surface area contributed by atoms with E-state index in [4.69, 9.17) is 22.4 Å². The van der Waals surface area contributed by atoms with Crippen LogP contribution in [0.3, 0.4) is 0 Å². The number of nitrogens with zero attached hydrogens (tertiary/aromatic N) is 2. The number of nitrogens with two attached hydrogens (primary N) is 1. The number of carboxylic acids is 1. The van der Waals surface area contributed by atoms with Crippen molar-refractivity contribution in [1.82, 2.24) is 4.90 Å². The van der Waals surface area contributed by atoms with Gasteiger partial charge in [0.15, 0.2) is 6.21 Å². The molecule has 0 aromatic heterocycles. The number of piperidine rings is 1. The van der Waals surface area contributed by atoms with Crippen LogP contribution in [0.1, 0.15) is 57.5 Å². The number of Topliss-reactive ketones (excluding diaryl/α,β-unsaturated/α-hetero) is 1. The zero-order valence-corrected chi connectivity index (χ0v) is 26.5. The Morgan fingerprint density at radius 1 is 1.06 bits per heavy atom. The summed E-state index contributed by atoms with van der Waals surface area (Å²) >= 11 is 5.73. The van der Waals surface area contributed by atoms with Gasteiger partial charge in [-0.15, -0.1) is 0 Å². The van der Waals surface area contributed by atoms with Crippen molar-refractivity contribution in [2.75, 3.05) is 36.9 Å². The molecule has 1 fully saturated rings. The highest BCUT2D eigenvalue weighted by molar-refractivity contribution is 6.31. The molecule has 47 heavy (non-hydrogen) atoms. The topological polar surface area (TPSA) is 130 Å². The van der Waals surface area contributed by atoms with E-state index in [1.165, 1.54) is 12.3 Å². The Morgan fingerprint density at radius 2 is 1.81 bits per heavy atom. The van der Waals surface area contributed by atoms with Crippen LogP contribution >= 0.6 is 11.6 Å². The molecule has 3 aromatic carbocycles. The summed E-state index contributed by atoms with van der Waals surface area (Å²) in [4.78, 5) is 44.9. The molecule has 0 saturated carbocycles. The lowest BCUT2D eigenvalue weighted by Gasteiger charge is -2.29. The molecule has 9 nitrogen and oxygen atoms in total. The third-order valence-corrected chi connectivity index (χ3v) is 8.00. The second kappa shape index (κ2) is 15.7. The molecule has 3 aromatic rings. The SMILES string of the molecule is CN(CCC(=O)O)Cc1cccc(C(=O)Nc2ccc(N3CCCCC3)cc2C(=O)/C(C=[NH+]c2ccc(Cl)c(C(F)(F)F)c2)=C/N)c1. The summed E-state index contributed by atoms with van der Waals surface area (Å²) in [7, 11) is 1.79. The van der Waals surface area contributed by atoms with E-state index in [1.807, 2.05) is 17.0 Å². The number of carbonyl (C=O) groups is 3.